The Labute approximate surface area is 425 Å². The second-order valence-electron chi connectivity index (χ2n) is 19.3. The van der Waals surface area contributed by atoms with Crippen molar-refractivity contribution in [3.05, 3.63) is 243 Å². The monoisotopic (exact) mass is 944 g/mol. The summed E-state index contributed by atoms with van der Waals surface area (Å²) in [6, 6.07) is 91.1. The van der Waals surface area contributed by atoms with Crippen molar-refractivity contribution in [1.82, 2.24) is 0 Å². The maximum atomic E-state index is 2.46. The van der Waals surface area contributed by atoms with E-state index in [1.165, 1.54) is 162 Å². The third-order valence-electron chi connectivity index (χ3n) is 15.6. The van der Waals surface area contributed by atoms with Crippen molar-refractivity contribution in [2.45, 2.75) is 19.6 Å². The van der Waals surface area contributed by atoms with Crippen molar-refractivity contribution in [3.63, 3.8) is 0 Å². The first kappa shape index (κ1) is 40.3. The van der Waals surface area contributed by atoms with E-state index >= 15 is 0 Å². The Balaban J connectivity index is 0.825. The van der Waals surface area contributed by atoms with Gasteiger partial charge in [-0.3, -0.25) is 0 Å². The molecule has 0 aliphatic carbocycles. The van der Waals surface area contributed by atoms with Crippen LogP contribution in [0.5, 0.6) is 0 Å². The van der Waals surface area contributed by atoms with Crippen LogP contribution < -0.4 is 0 Å². The normalized spacial score (nSPS) is 12.6. The highest BCUT2D eigenvalue weighted by Crippen LogP contribution is 2.58. The van der Waals surface area contributed by atoms with E-state index in [1.807, 2.05) is 23.5 Å². The van der Waals surface area contributed by atoms with Gasteiger partial charge in [-0.1, -0.05) is 242 Å². The van der Waals surface area contributed by atoms with E-state index in [-0.39, 0.29) is 0 Å². The fraction of sp³-hybridized carbons (Fsp3) is 0. The second kappa shape index (κ2) is 15.5. The molecular weight excluding hydrogens is 905 g/mol. The standard InChI is InChI=1S/C70H40S2/c1-3-19-45-41(15-1)17-13-29-49(45)67-55-25-9-5-21-51(55)65(52-22-6-10-26-56(52)67)43-31-33-47-59-35-36-60-48-34-32-44(40-64(48)72-62-38-37-61(69(59)70(60)62)71-63(47)39-43)66-53-23-7-11-27-57(53)68(58-28-12-8-24-54(58)66)50-30-14-18-42-16-2-4-20-46(42)50/h1-40H. The van der Waals surface area contributed by atoms with E-state index in [9.17, 15) is 0 Å². The third kappa shape index (κ3) is 5.79. The van der Waals surface area contributed by atoms with Gasteiger partial charge in [0.2, 0.25) is 0 Å². The lowest BCUT2D eigenvalue weighted by Gasteiger charge is -2.27. The third-order valence-corrected chi connectivity index (χ3v) is 17.9. The van der Waals surface area contributed by atoms with Gasteiger partial charge in [-0.25, -0.2) is 0 Å². The van der Waals surface area contributed by atoms with Crippen LogP contribution in [-0.4, -0.2) is 0 Å². The molecule has 2 heterocycles. The van der Waals surface area contributed by atoms with Crippen LogP contribution in [0.1, 0.15) is 0 Å². The van der Waals surface area contributed by atoms with Crippen LogP contribution in [0.4, 0.5) is 0 Å². The second-order valence-corrected chi connectivity index (χ2v) is 21.5. The maximum absolute atomic E-state index is 2.46. The molecule has 0 N–H and O–H groups in total. The first-order chi connectivity index (χ1) is 35.7. The fourth-order valence-electron chi connectivity index (χ4n) is 12.6. The van der Waals surface area contributed by atoms with Gasteiger partial charge in [0.25, 0.3) is 0 Å². The van der Waals surface area contributed by atoms with Crippen molar-refractivity contribution >= 4 is 98.9 Å². The molecule has 2 heteroatoms. The average Bonchev–Trinajstić information content (AvgIpc) is 3.44. The quantitative estimate of drug-likeness (QED) is 0.161. The summed E-state index contributed by atoms with van der Waals surface area (Å²) in [5, 5.41) is 18.0. The molecule has 14 aromatic carbocycles. The number of hydrogen-bond acceptors (Lipinski definition) is 2. The van der Waals surface area contributed by atoms with Gasteiger partial charge in [0.1, 0.15) is 0 Å². The van der Waals surface area contributed by atoms with Crippen molar-refractivity contribution in [2.75, 3.05) is 0 Å². The maximum Gasteiger partial charge on any atom is 0.0208 e. The molecule has 0 saturated carbocycles. The van der Waals surface area contributed by atoms with Gasteiger partial charge in [0.05, 0.1) is 0 Å². The molecule has 0 saturated heterocycles. The molecule has 0 spiro atoms. The minimum Gasteiger partial charge on any atom is -0.0887 e. The van der Waals surface area contributed by atoms with Crippen molar-refractivity contribution < 1.29 is 0 Å². The topological polar surface area (TPSA) is 0 Å². The number of fused-ring (bicyclic) bond motifs is 10. The van der Waals surface area contributed by atoms with Crippen LogP contribution in [0.3, 0.4) is 0 Å². The van der Waals surface area contributed by atoms with Crippen molar-refractivity contribution in [1.29, 1.82) is 0 Å². The molecule has 16 rings (SSSR count). The van der Waals surface area contributed by atoms with Crippen LogP contribution in [0.15, 0.2) is 262 Å². The zero-order chi connectivity index (χ0) is 47.0. The van der Waals surface area contributed by atoms with Crippen LogP contribution in [0.2, 0.25) is 0 Å². The van der Waals surface area contributed by atoms with Gasteiger partial charge >= 0.3 is 0 Å². The summed E-state index contributed by atoms with van der Waals surface area (Å²) in [5.74, 6) is 0. The van der Waals surface area contributed by atoms with Crippen molar-refractivity contribution in [2.24, 2.45) is 0 Å². The number of benzene rings is 14. The van der Waals surface area contributed by atoms with E-state index in [0.717, 1.165) is 0 Å². The molecule has 2 aliphatic rings. The lowest BCUT2D eigenvalue weighted by molar-refractivity contribution is 1.34. The zero-order valence-corrected chi connectivity index (χ0v) is 40.5. The zero-order valence-electron chi connectivity index (χ0n) is 38.9. The minimum atomic E-state index is 1.25. The van der Waals surface area contributed by atoms with Gasteiger partial charge < -0.3 is 0 Å². The summed E-state index contributed by atoms with van der Waals surface area (Å²) in [7, 11) is 0. The Hall–Kier alpha value is -8.40. The summed E-state index contributed by atoms with van der Waals surface area (Å²) >= 11 is 3.84. The lowest BCUT2D eigenvalue weighted by atomic mass is 9.84. The van der Waals surface area contributed by atoms with Crippen LogP contribution in [0, 0.1) is 0 Å². The van der Waals surface area contributed by atoms with Gasteiger partial charge in [-0.15, -0.1) is 0 Å². The smallest absolute Gasteiger partial charge is 0.0208 e. The number of rotatable bonds is 4. The van der Waals surface area contributed by atoms with Gasteiger partial charge in [0.15, 0.2) is 0 Å². The highest BCUT2D eigenvalue weighted by Gasteiger charge is 2.29. The molecule has 2 aliphatic heterocycles. The van der Waals surface area contributed by atoms with Crippen LogP contribution in [-0.2, 0) is 0 Å². The fourth-order valence-corrected chi connectivity index (χ4v) is 14.9. The molecule has 332 valence electrons. The molecule has 0 atom stereocenters. The van der Waals surface area contributed by atoms with Crippen LogP contribution in [0.25, 0.3) is 142 Å². The SMILES string of the molecule is c1ccc2c(-c3c4ccccc4c(-c4ccc5c(c4)Sc4ccc6c7c(ccc-5c47)-c4ccc(-c5c7ccccc7c(-c7cccc8ccccc78)c7ccccc57)cc4S6)c4ccccc34)cccc2c1. The Kier molecular flexibility index (Phi) is 8.71. The molecule has 72 heavy (non-hydrogen) atoms. The lowest BCUT2D eigenvalue weighted by Crippen LogP contribution is -1.99. The minimum absolute atomic E-state index is 1.25. The highest BCUT2D eigenvalue weighted by molar-refractivity contribution is 8.00. The molecule has 0 amide bonds. The molecule has 0 aromatic heterocycles. The van der Waals surface area contributed by atoms with Gasteiger partial charge in [0, 0.05) is 30.4 Å². The predicted molar refractivity (Wildman–Crippen MR) is 310 cm³/mol. The van der Waals surface area contributed by atoms with Crippen LogP contribution >= 0.6 is 23.5 Å². The van der Waals surface area contributed by atoms with Gasteiger partial charge in [-0.2, -0.15) is 0 Å². The van der Waals surface area contributed by atoms with Gasteiger partial charge in [-0.05, 0) is 156 Å². The molecule has 0 unspecified atom stereocenters. The highest BCUT2D eigenvalue weighted by atomic mass is 32.2. The van der Waals surface area contributed by atoms with E-state index in [1.54, 1.807) is 0 Å². The molecule has 14 aromatic rings. The summed E-state index contributed by atoms with van der Waals surface area (Å²) in [6.07, 6.45) is 0. The first-order valence-electron chi connectivity index (χ1n) is 24.8. The Morgan fingerprint density at radius 3 is 0.875 bits per heavy atom. The molecule has 0 bridgehead atoms. The molecule has 0 fully saturated rings. The average molecular weight is 945 g/mol. The van der Waals surface area contributed by atoms with E-state index in [4.69, 9.17) is 0 Å². The summed E-state index contributed by atoms with van der Waals surface area (Å²) in [5.41, 5.74) is 15.5. The van der Waals surface area contributed by atoms with E-state index < -0.39 is 0 Å². The summed E-state index contributed by atoms with van der Waals surface area (Å²) in [6.45, 7) is 0. The number of hydrogen-bond donors (Lipinski definition) is 0. The molecular formula is C70H40S2. The Bertz CT molecular complexity index is 4270. The van der Waals surface area contributed by atoms with E-state index in [0.29, 0.717) is 0 Å². The molecule has 0 nitrogen and oxygen atoms in total. The first-order valence-corrected chi connectivity index (χ1v) is 26.4. The van der Waals surface area contributed by atoms with Crippen molar-refractivity contribution in [3.8, 4) is 66.8 Å². The predicted octanol–water partition coefficient (Wildman–Crippen LogP) is 20.7. The Morgan fingerprint density at radius 1 is 0.194 bits per heavy atom. The largest absolute Gasteiger partial charge is 0.0887 e. The summed E-state index contributed by atoms with van der Waals surface area (Å²) in [4.78, 5) is 5.24. The Morgan fingerprint density at radius 2 is 0.500 bits per heavy atom. The van der Waals surface area contributed by atoms with E-state index in [2.05, 4.69) is 243 Å². The molecule has 0 radical (unpaired) electrons. The summed E-state index contributed by atoms with van der Waals surface area (Å²) < 4.78 is 0.